The smallest absolute Gasteiger partial charge is 0.408 e. The maximum Gasteiger partial charge on any atom is 0.408 e. The van der Waals surface area contributed by atoms with Crippen molar-refractivity contribution in [1.82, 2.24) is 4.90 Å². The molecule has 0 fully saturated rings. The van der Waals surface area contributed by atoms with E-state index in [1.165, 1.54) is 4.90 Å². The Hall–Kier alpha value is -2.69. The van der Waals surface area contributed by atoms with Gasteiger partial charge in [-0.05, 0) is 70.4 Å². The van der Waals surface area contributed by atoms with Crippen molar-refractivity contribution in [1.29, 1.82) is 0 Å². The summed E-state index contributed by atoms with van der Waals surface area (Å²) in [5, 5.41) is 13.4. The number of rotatable bonds is 5. The molecule has 2 unspecified atom stereocenters. The number of nitrogens with two attached hydrogens (primary N) is 1. The van der Waals surface area contributed by atoms with Crippen LogP contribution in [-0.4, -0.2) is 27.7 Å². The van der Waals surface area contributed by atoms with Crippen LogP contribution in [0.5, 0.6) is 0 Å². The van der Waals surface area contributed by atoms with Crippen molar-refractivity contribution >= 4 is 17.5 Å². The zero-order chi connectivity index (χ0) is 20.4. The molecule has 0 aromatic heterocycles. The minimum absolute atomic E-state index is 0.245. The number of nitrogens with zero attached hydrogens (tertiary/aromatic N) is 1. The summed E-state index contributed by atoms with van der Waals surface area (Å²) >= 11 is 0. The number of hydrogen-bond acceptors (Lipinski definition) is 3. The van der Waals surface area contributed by atoms with Crippen LogP contribution in [0.15, 0.2) is 42.5 Å². The van der Waals surface area contributed by atoms with Crippen LogP contribution >= 0.6 is 0 Å². The Labute approximate surface area is 162 Å². The fourth-order valence-corrected chi connectivity index (χ4v) is 3.49. The van der Waals surface area contributed by atoms with E-state index >= 15 is 0 Å². The van der Waals surface area contributed by atoms with Crippen LogP contribution in [0, 0.1) is 13.8 Å². The average molecular weight is 370 g/mol. The van der Waals surface area contributed by atoms with Gasteiger partial charge in [-0.25, -0.2) is 4.79 Å². The first-order chi connectivity index (χ1) is 12.5. The molecule has 2 aromatic carbocycles. The highest BCUT2D eigenvalue weighted by Gasteiger charge is 2.36. The van der Waals surface area contributed by atoms with Gasteiger partial charge in [0.15, 0.2) is 0 Å². The van der Waals surface area contributed by atoms with Gasteiger partial charge in [-0.1, -0.05) is 30.3 Å². The normalized spacial score (nSPS) is 13.7. The Balaban J connectivity index is 2.50. The number of amides is 1. The number of benzene rings is 2. The molecule has 146 valence electrons. The Morgan fingerprint density at radius 3 is 2.19 bits per heavy atom. The van der Waals surface area contributed by atoms with Crippen LogP contribution in [0.4, 0.5) is 16.2 Å². The zero-order valence-corrected chi connectivity index (χ0v) is 17.1. The lowest BCUT2D eigenvalue weighted by Gasteiger charge is -2.42. The predicted molar refractivity (Wildman–Crippen MR) is 112 cm³/mol. The molecule has 0 heterocycles. The van der Waals surface area contributed by atoms with E-state index in [1.54, 1.807) is 0 Å². The molecule has 2 aromatic rings. The van der Waals surface area contributed by atoms with Crippen LogP contribution in [0.2, 0.25) is 0 Å². The van der Waals surface area contributed by atoms with Gasteiger partial charge in [0.05, 0.1) is 23.5 Å². The van der Waals surface area contributed by atoms with E-state index in [1.807, 2.05) is 84.0 Å². The van der Waals surface area contributed by atoms with Crippen molar-refractivity contribution in [2.24, 2.45) is 0 Å². The van der Waals surface area contributed by atoms with Crippen molar-refractivity contribution in [3.05, 3.63) is 59.2 Å². The molecular weight excluding hydrogens is 338 g/mol. The predicted octanol–water partition coefficient (Wildman–Crippen LogP) is 5.21. The van der Waals surface area contributed by atoms with Gasteiger partial charge in [-0.15, -0.1) is 0 Å². The van der Waals surface area contributed by atoms with E-state index in [0.29, 0.717) is 5.69 Å². The molecule has 1 amide bonds. The summed E-state index contributed by atoms with van der Waals surface area (Å²) in [5.41, 5.74) is 10.5. The van der Waals surface area contributed by atoms with E-state index < -0.39 is 11.6 Å². The Morgan fingerprint density at radius 2 is 1.67 bits per heavy atom. The molecule has 0 aliphatic carbocycles. The first-order valence-corrected chi connectivity index (χ1v) is 9.23. The summed E-state index contributed by atoms with van der Waals surface area (Å²) in [4.78, 5) is 13.5. The Kier molecular flexibility index (Phi) is 6.04. The molecular formula is C22H31N3O2. The molecule has 0 aliphatic rings. The van der Waals surface area contributed by atoms with Crippen LogP contribution in [0.25, 0.3) is 0 Å². The van der Waals surface area contributed by atoms with Gasteiger partial charge in [-0.3, -0.25) is 4.90 Å². The second kappa shape index (κ2) is 7.91. The SMILES string of the molecule is Cc1cc(N)c(NC(c2ccccc2)C(C)N(C(=O)O)C(C)(C)C)cc1C. The van der Waals surface area contributed by atoms with Gasteiger partial charge in [0.2, 0.25) is 0 Å². The number of hydrogen-bond donors (Lipinski definition) is 3. The molecule has 5 heteroatoms. The van der Waals surface area contributed by atoms with E-state index in [2.05, 4.69) is 5.32 Å². The van der Waals surface area contributed by atoms with Crippen LogP contribution in [0.3, 0.4) is 0 Å². The summed E-state index contributed by atoms with van der Waals surface area (Å²) in [5.74, 6) is 0. The van der Waals surface area contributed by atoms with Gasteiger partial charge in [0, 0.05) is 5.54 Å². The van der Waals surface area contributed by atoms with Gasteiger partial charge in [-0.2, -0.15) is 0 Å². The standard InChI is InChI=1S/C22H31N3O2/c1-14-12-18(23)19(13-15(14)2)24-20(17-10-8-7-9-11-17)16(3)25(21(26)27)22(4,5)6/h7-13,16,20,24H,23H2,1-6H3,(H,26,27). The fourth-order valence-electron chi connectivity index (χ4n) is 3.49. The van der Waals surface area contributed by atoms with E-state index in [0.717, 1.165) is 22.4 Å². The number of nitrogens with one attached hydrogen (secondary N) is 1. The lowest BCUT2D eigenvalue weighted by atomic mass is 9.94. The summed E-state index contributed by atoms with van der Waals surface area (Å²) in [6.07, 6.45) is -0.939. The third-order valence-electron chi connectivity index (χ3n) is 4.95. The number of carboxylic acid groups (broad SMARTS) is 1. The summed E-state index contributed by atoms with van der Waals surface area (Å²) in [6.45, 7) is 11.7. The lowest BCUT2D eigenvalue weighted by Crippen LogP contribution is -2.53. The quantitative estimate of drug-likeness (QED) is 0.633. The summed E-state index contributed by atoms with van der Waals surface area (Å²) < 4.78 is 0. The molecule has 0 saturated heterocycles. The summed E-state index contributed by atoms with van der Waals surface area (Å²) in [6, 6.07) is 13.3. The highest BCUT2D eigenvalue weighted by atomic mass is 16.4. The molecule has 2 rings (SSSR count). The molecule has 4 N–H and O–H groups in total. The molecule has 5 nitrogen and oxygen atoms in total. The van der Waals surface area contributed by atoms with Gasteiger partial charge >= 0.3 is 6.09 Å². The van der Waals surface area contributed by atoms with Crippen molar-refractivity contribution in [2.75, 3.05) is 11.1 Å². The summed E-state index contributed by atoms with van der Waals surface area (Å²) in [7, 11) is 0. The van der Waals surface area contributed by atoms with Crippen LogP contribution in [-0.2, 0) is 0 Å². The first kappa shape index (κ1) is 20.6. The van der Waals surface area contributed by atoms with E-state index in [9.17, 15) is 9.90 Å². The number of aryl methyl sites for hydroxylation is 2. The average Bonchev–Trinajstić information content (AvgIpc) is 2.56. The van der Waals surface area contributed by atoms with E-state index in [-0.39, 0.29) is 12.1 Å². The van der Waals surface area contributed by atoms with Crippen LogP contribution < -0.4 is 11.1 Å². The third kappa shape index (κ3) is 4.73. The van der Waals surface area contributed by atoms with E-state index in [4.69, 9.17) is 5.73 Å². The highest BCUT2D eigenvalue weighted by molar-refractivity contribution is 5.70. The maximum absolute atomic E-state index is 12.0. The molecule has 0 aliphatic heterocycles. The first-order valence-electron chi connectivity index (χ1n) is 9.23. The van der Waals surface area contributed by atoms with Crippen LogP contribution in [0.1, 0.15) is 50.4 Å². The molecule has 0 spiro atoms. The van der Waals surface area contributed by atoms with Crippen molar-refractivity contribution in [3.63, 3.8) is 0 Å². The lowest BCUT2D eigenvalue weighted by molar-refractivity contribution is 0.0693. The van der Waals surface area contributed by atoms with Crippen molar-refractivity contribution in [3.8, 4) is 0 Å². The second-order valence-electron chi connectivity index (χ2n) is 8.12. The minimum atomic E-state index is -0.939. The maximum atomic E-state index is 12.0. The molecule has 0 bridgehead atoms. The second-order valence-corrected chi connectivity index (χ2v) is 8.12. The molecule has 0 saturated carbocycles. The Morgan fingerprint density at radius 1 is 1.11 bits per heavy atom. The van der Waals surface area contributed by atoms with Gasteiger partial charge < -0.3 is 16.2 Å². The minimum Gasteiger partial charge on any atom is -0.465 e. The number of anilines is 2. The zero-order valence-electron chi connectivity index (χ0n) is 17.1. The largest absolute Gasteiger partial charge is 0.465 e. The topological polar surface area (TPSA) is 78.6 Å². The van der Waals surface area contributed by atoms with Crippen molar-refractivity contribution < 1.29 is 9.90 Å². The van der Waals surface area contributed by atoms with Crippen molar-refractivity contribution in [2.45, 2.75) is 59.2 Å². The Bertz CT molecular complexity index is 797. The fraction of sp³-hybridized carbons (Fsp3) is 0.409. The molecule has 0 radical (unpaired) electrons. The third-order valence-corrected chi connectivity index (χ3v) is 4.95. The highest BCUT2D eigenvalue weighted by Crippen LogP contribution is 2.33. The monoisotopic (exact) mass is 369 g/mol. The molecule has 27 heavy (non-hydrogen) atoms. The number of nitrogen functional groups attached to an aromatic ring is 1. The van der Waals surface area contributed by atoms with Gasteiger partial charge in [0.25, 0.3) is 0 Å². The molecule has 2 atom stereocenters. The number of carbonyl (C=O) groups is 1. The van der Waals surface area contributed by atoms with Gasteiger partial charge in [0.1, 0.15) is 0 Å².